The molecule has 0 fully saturated rings. The predicted molar refractivity (Wildman–Crippen MR) is 114 cm³/mol. The second-order valence-corrected chi connectivity index (χ2v) is 10.4. The molecule has 4 rings (SSSR count). The molecule has 0 saturated carbocycles. The van der Waals surface area contributed by atoms with Crippen molar-refractivity contribution >= 4 is 21.6 Å². The molecular formula is C22H26N2O5S. The van der Waals surface area contributed by atoms with Crippen LogP contribution >= 0.6 is 0 Å². The first-order valence-corrected chi connectivity index (χ1v) is 11.7. The summed E-state index contributed by atoms with van der Waals surface area (Å²) in [6.45, 7) is 5.88. The number of carbonyl (C=O) groups excluding carboxylic acids is 1. The van der Waals surface area contributed by atoms with Crippen molar-refractivity contribution in [3.05, 3.63) is 53.6 Å². The molecule has 2 aliphatic rings. The number of hydrogen-bond acceptors (Lipinski definition) is 5. The lowest BCUT2D eigenvalue weighted by molar-refractivity contribution is -0.129. The molecule has 0 unspecified atom stereocenters. The smallest absolute Gasteiger partial charge is 0.263 e. The van der Waals surface area contributed by atoms with Crippen molar-refractivity contribution in [2.75, 3.05) is 17.1 Å². The molecule has 2 aliphatic heterocycles. The van der Waals surface area contributed by atoms with E-state index in [1.807, 2.05) is 39.0 Å². The van der Waals surface area contributed by atoms with Crippen LogP contribution in [0.15, 0.2) is 42.5 Å². The Bertz CT molecular complexity index is 1100. The number of rotatable bonds is 3. The summed E-state index contributed by atoms with van der Waals surface area (Å²) in [6, 6.07) is 12.5. The Balaban J connectivity index is 1.60. The predicted octanol–water partition coefficient (Wildman–Crippen LogP) is 2.94. The Labute approximate surface area is 177 Å². The molecule has 1 amide bonds. The summed E-state index contributed by atoms with van der Waals surface area (Å²) >= 11 is 0. The van der Waals surface area contributed by atoms with E-state index >= 15 is 0 Å². The van der Waals surface area contributed by atoms with Crippen molar-refractivity contribution in [2.45, 2.75) is 44.9 Å². The molecule has 0 bridgehead atoms. The van der Waals surface area contributed by atoms with E-state index in [2.05, 4.69) is 5.32 Å². The summed E-state index contributed by atoms with van der Waals surface area (Å²) in [4.78, 5) is 13.1. The third kappa shape index (κ3) is 3.96. The van der Waals surface area contributed by atoms with Crippen molar-refractivity contribution in [1.29, 1.82) is 0 Å². The summed E-state index contributed by atoms with van der Waals surface area (Å²) in [5, 5.41) is 3.06. The maximum absolute atomic E-state index is 13.1. The number of hydrogen-bond donors (Lipinski definition) is 1. The number of nitrogens with one attached hydrogen (secondary N) is 1. The maximum atomic E-state index is 13.1. The van der Waals surface area contributed by atoms with E-state index < -0.39 is 21.7 Å². The highest BCUT2D eigenvalue weighted by Crippen LogP contribution is 2.40. The largest absolute Gasteiger partial charge is 0.487 e. The van der Waals surface area contributed by atoms with Crippen molar-refractivity contribution in [2.24, 2.45) is 0 Å². The lowest BCUT2D eigenvalue weighted by Crippen LogP contribution is -2.52. The van der Waals surface area contributed by atoms with E-state index in [0.717, 1.165) is 23.1 Å². The molecule has 2 aromatic rings. The highest BCUT2D eigenvalue weighted by Gasteiger charge is 2.39. The van der Waals surface area contributed by atoms with Crippen LogP contribution in [0.5, 0.6) is 11.5 Å². The van der Waals surface area contributed by atoms with Gasteiger partial charge in [0.25, 0.3) is 5.91 Å². The van der Waals surface area contributed by atoms with E-state index in [0.29, 0.717) is 17.9 Å². The fourth-order valence-corrected chi connectivity index (χ4v) is 4.92. The van der Waals surface area contributed by atoms with E-state index in [9.17, 15) is 13.2 Å². The molecule has 7 nitrogen and oxygen atoms in total. The fraction of sp³-hybridized carbons (Fsp3) is 0.409. The molecule has 0 aromatic heterocycles. The van der Waals surface area contributed by atoms with Crippen molar-refractivity contribution in [1.82, 2.24) is 5.32 Å². The zero-order valence-electron chi connectivity index (χ0n) is 17.5. The Kier molecular flexibility index (Phi) is 4.92. The highest BCUT2D eigenvalue weighted by molar-refractivity contribution is 7.92. The Hall–Kier alpha value is -2.74. The van der Waals surface area contributed by atoms with Crippen molar-refractivity contribution in [3.8, 4) is 11.5 Å². The number of benzene rings is 2. The minimum absolute atomic E-state index is 0.0744. The van der Waals surface area contributed by atoms with Gasteiger partial charge in [-0.05, 0) is 44.5 Å². The second kappa shape index (κ2) is 7.19. The van der Waals surface area contributed by atoms with Gasteiger partial charge in [0.2, 0.25) is 10.0 Å². The number of para-hydroxylation sites is 2. The van der Waals surface area contributed by atoms with E-state index in [1.54, 1.807) is 24.3 Å². The molecule has 1 N–H and O–H groups in total. The number of amides is 1. The molecule has 2 heterocycles. The van der Waals surface area contributed by atoms with Gasteiger partial charge in [0.15, 0.2) is 6.10 Å². The van der Waals surface area contributed by atoms with Gasteiger partial charge in [-0.3, -0.25) is 9.10 Å². The van der Waals surface area contributed by atoms with Gasteiger partial charge in [-0.1, -0.05) is 24.3 Å². The first kappa shape index (κ1) is 20.5. The standard InChI is InChI=1S/C22H26N2O5S/c1-14-9-10-15-16(12-22(2,3)29-19(15)11-14)23-21(25)20-13-24(30(4,26)27)17-7-5-6-8-18(17)28-20/h5-11,16,20H,12-13H2,1-4H3,(H,23,25)/t16-,20-/m0/s1. The van der Waals surface area contributed by atoms with Crippen LogP contribution in [0.1, 0.15) is 37.4 Å². The summed E-state index contributed by atoms with van der Waals surface area (Å²) in [5.74, 6) is 0.772. The van der Waals surface area contributed by atoms with Crippen LogP contribution in [0.2, 0.25) is 0 Å². The molecule has 160 valence electrons. The average molecular weight is 431 g/mol. The zero-order valence-corrected chi connectivity index (χ0v) is 18.3. The zero-order chi connectivity index (χ0) is 21.7. The number of anilines is 1. The van der Waals surface area contributed by atoms with E-state index in [-0.39, 0.29) is 18.5 Å². The second-order valence-electron chi connectivity index (χ2n) is 8.54. The fourth-order valence-electron chi connectivity index (χ4n) is 4.00. The lowest BCUT2D eigenvalue weighted by Gasteiger charge is -2.39. The van der Waals surface area contributed by atoms with Crippen LogP contribution in [-0.4, -0.2) is 38.8 Å². The number of fused-ring (bicyclic) bond motifs is 2. The van der Waals surface area contributed by atoms with Gasteiger partial charge in [-0.2, -0.15) is 0 Å². The van der Waals surface area contributed by atoms with E-state index in [4.69, 9.17) is 9.47 Å². The topological polar surface area (TPSA) is 84.9 Å². The van der Waals surface area contributed by atoms with Gasteiger partial charge in [0.05, 0.1) is 24.5 Å². The van der Waals surface area contributed by atoms with Crippen LogP contribution < -0.4 is 19.1 Å². The number of nitrogens with zero attached hydrogens (tertiary/aromatic N) is 1. The van der Waals surface area contributed by atoms with Crippen LogP contribution in [0.3, 0.4) is 0 Å². The molecule has 2 aromatic carbocycles. The summed E-state index contributed by atoms with van der Waals surface area (Å²) in [5.41, 5.74) is 1.98. The average Bonchev–Trinajstić information content (AvgIpc) is 2.65. The minimum atomic E-state index is -3.56. The summed E-state index contributed by atoms with van der Waals surface area (Å²) in [7, 11) is -3.56. The number of sulfonamides is 1. The van der Waals surface area contributed by atoms with Crippen LogP contribution in [0, 0.1) is 6.92 Å². The van der Waals surface area contributed by atoms with Gasteiger partial charge < -0.3 is 14.8 Å². The number of ether oxygens (including phenoxy) is 2. The van der Waals surface area contributed by atoms with Gasteiger partial charge in [-0.15, -0.1) is 0 Å². The van der Waals surface area contributed by atoms with Gasteiger partial charge in [0, 0.05) is 12.0 Å². The molecular weight excluding hydrogens is 404 g/mol. The normalized spacial score (nSPS) is 22.2. The first-order chi connectivity index (χ1) is 14.0. The van der Waals surface area contributed by atoms with Crippen LogP contribution in [0.4, 0.5) is 5.69 Å². The highest BCUT2D eigenvalue weighted by atomic mass is 32.2. The molecule has 0 saturated heterocycles. The van der Waals surface area contributed by atoms with Gasteiger partial charge >= 0.3 is 0 Å². The monoisotopic (exact) mass is 430 g/mol. The maximum Gasteiger partial charge on any atom is 0.263 e. The van der Waals surface area contributed by atoms with E-state index in [1.165, 1.54) is 4.31 Å². The quantitative estimate of drug-likeness (QED) is 0.809. The van der Waals surface area contributed by atoms with Crippen molar-refractivity contribution < 1.29 is 22.7 Å². The lowest BCUT2D eigenvalue weighted by atomic mass is 9.89. The van der Waals surface area contributed by atoms with Gasteiger partial charge in [-0.25, -0.2) is 8.42 Å². The first-order valence-electron chi connectivity index (χ1n) is 9.87. The van der Waals surface area contributed by atoms with Crippen LogP contribution in [0.25, 0.3) is 0 Å². The third-order valence-electron chi connectivity index (χ3n) is 5.37. The Morgan fingerprint density at radius 2 is 1.90 bits per heavy atom. The third-order valence-corrected chi connectivity index (χ3v) is 6.52. The Morgan fingerprint density at radius 1 is 1.17 bits per heavy atom. The SMILES string of the molecule is Cc1ccc2c(c1)OC(C)(C)C[C@@H]2NC(=O)[C@@H]1CN(S(C)(=O)=O)c2ccccc2O1. The Morgan fingerprint density at radius 3 is 2.63 bits per heavy atom. The molecule has 8 heteroatoms. The summed E-state index contributed by atoms with van der Waals surface area (Å²) < 4.78 is 37.8. The molecule has 0 aliphatic carbocycles. The minimum Gasteiger partial charge on any atom is -0.487 e. The summed E-state index contributed by atoms with van der Waals surface area (Å²) in [6.07, 6.45) is 0.770. The van der Waals surface area contributed by atoms with Crippen molar-refractivity contribution in [3.63, 3.8) is 0 Å². The molecule has 0 spiro atoms. The number of carbonyl (C=O) groups is 1. The number of aryl methyl sites for hydroxylation is 1. The van der Waals surface area contributed by atoms with Gasteiger partial charge in [0.1, 0.15) is 17.1 Å². The molecule has 30 heavy (non-hydrogen) atoms. The molecule has 0 radical (unpaired) electrons. The molecule has 2 atom stereocenters. The van der Waals surface area contributed by atoms with Crippen LogP contribution in [-0.2, 0) is 14.8 Å².